The summed E-state index contributed by atoms with van der Waals surface area (Å²) in [5.41, 5.74) is 1.41. The van der Waals surface area contributed by atoms with Gasteiger partial charge in [-0.3, -0.25) is 9.78 Å². The summed E-state index contributed by atoms with van der Waals surface area (Å²) in [7, 11) is 3.09. The molecule has 1 amide bonds. The highest BCUT2D eigenvalue weighted by atomic mass is 16.5. The summed E-state index contributed by atoms with van der Waals surface area (Å²) >= 11 is 0. The van der Waals surface area contributed by atoms with Crippen LogP contribution < -0.4 is 9.47 Å². The van der Waals surface area contributed by atoms with Crippen molar-refractivity contribution in [2.24, 2.45) is 5.92 Å². The molecule has 0 radical (unpaired) electrons. The minimum absolute atomic E-state index is 0.0219. The van der Waals surface area contributed by atoms with Crippen molar-refractivity contribution < 1.29 is 19.4 Å². The van der Waals surface area contributed by atoms with E-state index in [1.807, 2.05) is 18.2 Å². The van der Waals surface area contributed by atoms with E-state index in [9.17, 15) is 9.90 Å². The average molecular weight is 342 g/mol. The number of β-amino-alcohol motifs (C(OH)–C–C–N with tert-alkyl or cyclic N) is 1. The van der Waals surface area contributed by atoms with Gasteiger partial charge in [-0.15, -0.1) is 0 Å². The minimum Gasteiger partial charge on any atom is -0.497 e. The molecule has 0 unspecified atom stereocenters. The summed E-state index contributed by atoms with van der Waals surface area (Å²) in [5, 5.41) is 10.3. The van der Waals surface area contributed by atoms with Crippen LogP contribution in [-0.2, 0) is 6.42 Å². The highest BCUT2D eigenvalue weighted by Gasteiger charge is 2.34. The van der Waals surface area contributed by atoms with Crippen molar-refractivity contribution in [3.05, 3.63) is 53.9 Å². The van der Waals surface area contributed by atoms with Crippen LogP contribution in [0.2, 0.25) is 0 Å². The van der Waals surface area contributed by atoms with Gasteiger partial charge in [0.25, 0.3) is 5.91 Å². The first-order valence-corrected chi connectivity index (χ1v) is 8.21. The molecule has 25 heavy (non-hydrogen) atoms. The van der Waals surface area contributed by atoms with Gasteiger partial charge in [-0.05, 0) is 30.7 Å². The third kappa shape index (κ3) is 3.91. The maximum atomic E-state index is 12.8. The van der Waals surface area contributed by atoms with Crippen molar-refractivity contribution in [2.45, 2.75) is 12.5 Å². The third-order valence-electron chi connectivity index (χ3n) is 4.49. The predicted octanol–water partition coefficient (Wildman–Crippen LogP) is 1.77. The lowest BCUT2D eigenvalue weighted by atomic mass is 10.00. The van der Waals surface area contributed by atoms with E-state index in [0.29, 0.717) is 36.6 Å². The SMILES string of the molecule is COc1cc(OC)cc(C(=O)N2C[C@@H](Cc3ccccn3)[C@H](O)C2)c1. The van der Waals surface area contributed by atoms with Gasteiger partial charge < -0.3 is 19.5 Å². The van der Waals surface area contributed by atoms with Gasteiger partial charge in [0.15, 0.2) is 0 Å². The van der Waals surface area contributed by atoms with E-state index in [4.69, 9.17) is 9.47 Å². The van der Waals surface area contributed by atoms with Crippen molar-refractivity contribution in [3.8, 4) is 11.5 Å². The van der Waals surface area contributed by atoms with Gasteiger partial charge in [-0.2, -0.15) is 0 Å². The molecule has 2 heterocycles. The second-order valence-electron chi connectivity index (χ2n) is 6.16. The molecule has 0 saturated carbocycles. The van der Waals surface area contributed by atoms with E-state index >= 15 is 0 Å². The van der Waals surface area contributed by atoms with Crippen molar-refractivity contribution in [1.29, 1.82) is 0 Å². The van der Waals surface area contributed by atoms with Gasteiger partial charge in [-0.25, -0.2) is 0 Å². The van der Waals surface area contributed by atoms with Crippen LogP contribution in [0.4, 0.5) is 0 Å². The van der Waals surface area contributed by atoms with Gasteiger partial charge in [-0.1, -0.05) is 6.07 Å². The molecule has 1 aromatic carbocycles. The standard InChI is InChI=1S/C19H22N2O4/c1-24-16-8-13(9-17(10-16)25-2)19(23)21-11-14(18(22)12-21)7-15-5-3-4-6-20-15/h3-6,8-10,14,18,22H,7,11-12H2,1-2H3/t14-,18-/m1/s1. The van der Waals surface area contributed by atoms with Crippen molar-refractivity contribution >= 4 is 5.91 Å². The molecule has 0 spiro atoms. The van der Waals surface area contributed by atoms with Crippen molar-refractivity contribution in [2.75, 3.05) is 27.3 Å². The number of amides is 1. The number of nitrogens with zero attached hydrogens (tertiary/aromatic N) is 2. The van der Waals surface area contributed by atoms with Gasteiger partial charge in [0, 0.05) is 42.5 Å². The molecule has 6 nitrogen and oxygen atoms in total. The first-order chi connectivity index (χ1) is 12.1. The lowest BCUT2D eigenvalue weighted by molar-refractivity contribution is 0.0764. The fraction of sp³-hybridized carbons (Fsp3) is 0.368. The number of carbonyl (C=O) groups is 1. The number of pyridine rings is 1. The molecule has 0 aliphatic carbocycles. The number of aliphatic hydroxyl groups excluding tert-OH is 1. The molecule has 1 aromatic heterocycles. The van der Waals surface area contributed by atoms with Crippen LogP contribution >= 0.6 is 0 Å². The van der Waals surface area contributed by atoms with Gasteiger partial charge in [0.1, 0.15) is 11.5 Å². The molecule has 2 aromatic rings. The zero-order valence-corrected chi connectivity index (χ0v) is 14.4. The number of aliphatic hydroxyl groups is 1. The quantitative estimate of drug-likeness (QED) is 0.897. The number of aromatic nitrogens is 1. The maximum Gasteiger partial charge on any atom is 0.254 e. The summed E-state index contributed by atoms with van der Waals surface area (Å²) in [6, 6.07) is 10.8. The lowest BCUT2D eigenvalue weighted by Gasteiger charge is -2.17. The Bertz CT molecular complexity index is 713. The summed E-state index contributed by atoms with van der Waals surface area (Å²) in [6.45, 7) is 0.811. The molecule has 3 rings (SSSR count). The maximum absolute atomic E-state index is 12.8. The number of hydrogen-bond donors (Lipinski definition) is 1. The van der Waals surface area contributed by atoms with Crippen molar-refractivity contribution in [3.63, 3.8) is 0 Å². The van der Waals surface area contributed by atoms with E-state index in [1.165, 1.54) is 0 Å². The molecule has 1 saturated heterocycles. The molecule has 6 heteroatoms. The Labute approximate surface area is 147 Å². The monoisotopic (exact) mass is 342 g/mol. The number of benzene rings is 1. The Kier molecular flexibility index (Phi) is 5.19. The van der Waals surface area contributed by atoms with Crippen molar-refractivity contribution in [1.82, 2.24) is 9.88 Å². The Morgan fingerprint density at radius 2 is 1.92 bits per heavy atom. The topological polar surface area (TPSA) is 71.9 Å². The predicted molar refractivity (Wildman–Crippen MR) is 92.9 cm³/mol. The molecule has 1 aliphatic heterocycles. The van der Waals surface area contributed by atoms with E-state index < -0.39 is 6.10 Å². The van der Waals surface area contributed by atoms with Gasteiger partial charge in [0.2, 0.25) is 0 Å². The molecule has 1 aliphatic rings. The smallest absolute Gasteiger partial charge is 0.254 e. The second kappa shape index (κ2) is 7.53. The lowest BCUT2D eigenvalue weighted by Crippen LogP contribution is -2.29. The molecular formula is C19H22N2O4. The van der Waals surface area contributed by atoms with Crippen LogP contribution in [0, 0.1) is 5.92 Å². The largest absolute Gasteiger partial charge is 0.497 e. The normalized spacial score (nSPS) is 19.7. The first-order valence-electron chi connectivity index (χ1n) is 8.21. The zero-order chi connectivity index (χ0) is 17.8. The molecule has 0 bridgehead atoms. The summed E-state index contributed by atoms with van der Waals surface area (Å²) < 4.78 is 10.4. The highest BCUT2D eigenvalue weighted by molar-refractivity contribution is 5.95. The third-order valence-corrected chi connectivity index (χ3v) is 4.49. The fourth-order valence-electron chi connectivity index (χ4n) is 3.12. The van der Waals surface area contributed by atoms with E-state index in [2.05, 4.69) is 4.98 Å². The molecule has 1 N–H and O–H groups in total. The number of hydrogen-bond acceptors (Lipinski definition) is 5. The Morgan fingerprint density at radius 3 is 2.52 bits per heavy atom. The van der Waals surface area contributed by atoms with Crippen LogP contribution in [-0.4, -0.2) is 54.3 Å². The molecule has 2 atom stereocenters. The summed E-state index contributed by atoms with van der Waals surface area (Å²) in [6.07, 6.45) is 1.83. The molecular weight excluding hydrogens is 320 g/mol. The minimum atomic E-state index is -0.557. The Balaban J connectivity index is 1.73. The van der Waals surface area contributed by atoms with Gasteiger partial charge in [0.05, 0.1) is 20.3 Å². The van der Waals surface area contributed by atoms with Crippen LogP contribution in [0.5, 0.6) is 11.5 Å². The number of carbonyl (C=O) groups excluding carboxylic acids is 1. The van der Waals surface area contributed by atoms with Crippen LogP contribution in [0.15, 0.2) is 42.6 Å². The average Bonchev–Trinajstić information content (AvgIpc) is 3.01. The summed E-state index contributed by atoms with van der Waals surface area (Å²) in [4.78, 5) is 18.8. The number of likely N-dealkylation sites (tertiary alicyclic amines) is 1. The van der Waals surface area contributed by atoms with Gasteiger partial charge >= 0.3 is 0 Å². The zero-order valence-electron chi connectivity index (χ0n) is 14.4. The highest BCUT2D eigenvalue weighted by Crippen LogP contribution is 2.26. The Hall–Kier alpha value is -2.60. The fourth-order valence-corrected chi connectivity index (χ4v) is 3.12. The molecule has 132 valence electrons. The Morgan fingerprint density at radius 1 is 1.20 bits per heavy atom. The second-order valence-corrected chi connectivity index (χ2v) is 6.16. The number of methoxy groups -OCH3 is 2. The summed E-state index contributed by atoms with van der Waals surface area (Å²) in [5.74, 6) is 0.964. The number of rotatable bonds is 5. The first kappa shape index (κ1) is 17.2. The van der Waals surface area contributed by atoms with E-state index in [-0.39, 0.29) is 11.8 Å². The van der Waals surface area contributed by atoms with Crippen LogP contribution in [0.25, 0.3) is 0 Å². The van der Waals surface area contributed by atoms with E-state index in [0.717, 1.165) is 5.69 Å². The van der Waals surface area contributed by atoms with E-state index in [1.54, 1.807) is 43.5 Å². The number of ether oxygens (including phenoxy) is 2. The van der Waals surface area contributed by atoms with Crippen LogP contribution in [0.1, 0.15) is 16.1 Å². The molecule has 1 fully saturated rings. The van der Waals surface area contributed by atoms with Crippen LogP contribution in [0.3, 0.4) is 0 Å².